The van der Waals surface area contributed by atoms with E-state index in [0.29, 0.717) is 19.2 Å². The molecule has 2 saturated heterocycles. The number of pyridine rings is 1. The highest BCUT2D eigenvalue weighted by atomic mass is 16.5. The van der Waals surface area contributed by atoms with Crippen molar-refractivity contribution in [1.29, 1.82) is 0 Å². The summed E-state index contributed by atoms with van der Waals surface area (Å²) >= 11 is 0. The van der Waals surface area contributed by atoms with Crippen molar-refractivity contribution in [2.45, 2.75) is 19.0 Å². The van der Waals surface area contributed by atoms with E-state index in [-0.39, 0.29) is 11.9 Å². The van der Waals surface area contributed by atoms with Crippen LogP contribution in [0.3, 0.4) is 0 Å². The number of amides is 1. The predicted molar refractivity (Wildman–Crippen MR) is 114 cm³/mol. The molecule has 0 spiro atoms. The fourth-order valence-corrected chi connectivity index (χ4v) is 4.53. The molecule has 5 heteroatoms. The predicted octanol–water partition coefficient (Wildman–Crippen LogP) is 3.45. The second kappa shape index (κ2) is 7.58. The third-order valence-corrected chi connectivity index (χ3v) is 6.07. The zero-order valence-electron chi connectivity index (χ0n) is 16.6. The number of morpholine rings is 1. The number of fused-ring (bicyclic) bond motifs is 2. The molecule has 2 aromatic carbocycles. The normalized spacial score (nSPS) is 22.4. The lowest BCUT2D eigenvalue weighted by Gasteiger charge is -2.47. The average molecular weight is 387 g/mol. The molecule has 3 aromatic rings. The average Bonchev–Trinajstić information content (AvgIpc) is 2.78. The Morgan fingerprint density at radius 3 is 2.69 bits per heavy atom. The summed E-state index contributed by atoms with van der Waals surface area (Å²) in [6, 6.07) is 20.6. The Morgan fingerprint density at radius 2 is 1.83 bits per heavy atom. The molecule has 2 aliphatic rings. The van der Waals surface area contributed by atoms with Gasteiger partial charge in [-0.05, 0) is 19.1 Å². The van der Waals surface area contributed by atoms with Gasteiger partial charge in [0.25, 0.3) is 5.91 Å². The fourth-order valence-electron chi connectivity index (χ4n) is 4.53. The molecule has 5 nitrogen and oxygen atoms in total. The third-order valence-electron chi connectivity index (χ3n) is 6.07. The zero-order valence-corrected chi connectivity index (χ0v) is 16.6. The number of para-hydroxylation sites is 1. The number of hydrogen-bond donors (Lipinski definition) is 0. The summed E-state index contributed by atoms with van der Waals surface area (Å²) < 4.78 is 5.74. The largest absolute Gasteiger partial charge is 0.378 e. The van der Waals surface area contributed by atoms with E-state index in [1.165, 1.54) is 0 Å². The van der Waals surface area contributed by atoms with Gasteiger partial charge in [-0.3, -0.25) is 9.69 Å². The van der Waals surface area contributed by atoms with Gasteiger partial charge in [0.1, 0.15) is 0 Å². The molecule has 3 heterocycles. The maximum atomic E-state index is 13.6. The van der Waals surface area contributed by atoms with Crippen LogP contribution in [0.1, 0.15) is 17.3 Å². The minimum Gasteiger partial charge on any atom is -0.378 e. The van der Waals surface area contributed by atoms with Crippen molar-refractivity contribution in [1.82, 2.24) is 14.8 Å². The second-order valence-electron chi connectivity index (χ2n) is 7.97. The number of rotatable bonds is 2. The van der Waals surface area contributed by atoms with E-state index in [1.807, 2.05) is 65.6 Å². The van der Waals surface area contributed by atoms with E-state index >= 15 is 0 Å². The topological polar surface area (TPSA) is 45.7 Å². The van der Waals surface area contributed by atoms with Crippen LogP contribution in [-0.2, 0) is 4.74 Å². The molecule has 148 valence electrons. The molecule has 2 atom stereocenters. The molecular weight excluding hydrogens is 362 g/mol. The lowest BCUT2D eigenvalue weighted by molar-refractivity contribution is -0.0699. The first-order valence-corrected chi connectivity index (χ1v) is 10.3. The van der Waals surface area contributed by atoms with Crippen LogP contribution in [0.5, 0.6) is 0 Å². The van der Waals surface area contributed by atoms with Gasteiger partial charge in [0, 0.05) is 36.6 Å². The molecule has 0 saturated carbocycles. The van der Waals surface area contributed by atoms with Crippen LogP contribution >= 0.6 is 0 Å². The number of nitrogens with zero attached hydrogens (tertiary/aromatic N) is 3. The Balaban J connectivity index is 1.51. The molecular formula is C24H25N3O2. The van der Waals surface area contributed by atoms with Crippen molar-refractivity contribution in [2.75, 3.05) is 32.8 Å². The minimum atomic E-state index is 0.0821. The van der Waals surface area contributed by atoms with Gasteiger partial charge in [-0.15, -0.1) is 0 Å². The number of hydrogen-bond acceptors (Lipinski definition) is 4. The molecule has 0 unspecified atom stereocenters. The molecule has 1 amide bonds. The van der Waals surface area contributed by atoms with Crippen molar-refractivity contribution in [3.8, 4) is 11.3 Å². The minimum absolute atomic E-state index is 0.0821. The summed E-state index contributed by atoms with van der Waals surface area (Å²) in [4.78, 5) is 22.9. The van der Waals surface area contributed by atoms with Gasteiger partial charge >= 0.3 is 0 Å². The molecule has 29 heavy (non-hydrogen) atoms. The Labute approximate surface area is 170 Å². The van der Waals surface area contributed by atoms with Crippen LogP contribution in [0.2, 0.25) is 0 Å². The SMILES string of the molecule is C[C@H]1COC[C@H]2CN(C(=O)c3cc(-c4ccccc4)nc4ccccc34)CCN21. The van der Waals surface area contributed by atoms with Gasteiger partial charge in [-0.25, -0.2) is 4.98 Å². The first kappa shape index (κ1) is 18.3. The van der Waals surface area contributed by atoms with E-state index in [1.54, 1.807) is 0 Å². The van der Waals surface area contributed by atoms with Crippen molar-refractivity contribution in [2.24, 2.45) is 0 Å². The summed E-state index contributed by atoms with van der Waals surface area (Å²) in [7, 11) is 0. The van der Waals surface area contributed by atoms with E-state index in [9.17, 15) is 4.79 Å². The quantitative estimate of drug-likeness (QED) is 0.676. The van der Waals surface area contributed by atoms with Crippen LogP contribution in [0.25, 0.3) is 22.2 Å². The van der Waals surface area contributed by atoms with Gasteiger partial charge in [0.2, 0.25) is 0 Å². The molecule has 0 N–H and O–H groups in total. The first-order chi connectivity index (χ1) is 14.2. The summed E-state index contributed by atoms with van der Waals surface area (Å²) in [5.74, 6) is 0.0821. The Kier molecular flexibility index (Phi) is 4.78. The first-order valence-electron chi connectivity index (χ1n) is 10.3. The number of aromatic nitrogens is 1. The Hall–Kier alpha value is -2.76. The standard InChI is InChI=1S/C24H25N3O2/c1-17-15-29-16-19-14-26(11-12-27(17)19)24(28)21-13-23(18-7-3-2-4-8-18)25-22-10-6-5-9-20(21)22/h2-10,13,17,19H,11-12,14-16H2,1H3/t17-,19+/m0/s1. The molecule has 0 aliphatic carbocycles. The monoisotopic (exact) mass is 387 g/mol. The smallest absolute Gasteiger partial charge is 0.254 e. The molecule has 2 aliphatic heterocycles. The van der Waals surface area contributed by atoms with E-state index in [0.717, 1.165) is 47.4 Å². The van der Waals surface area contributed by atoms with Crippen LogP contribution < -0.4 is 0 Å². The Morgan fingerprint density at radius 1 is 1.03 bits per heavy atom. The van der Waals surface area contributed by atoms with Crippen molar-refractivity contribution >= 4 is 16.8 Å². The highest BCUT2D eigenvalue weighted by molar-refractivity contribution is 6.07. The highest BCUT2D eigenvalue weighted by Gasteiger charge is 2.35. The second-order valence-corrected chi connectivity index (χ2v) is 7.97. The van der Waals surface area contributed by atoms with Gasteiger partial charge in [-0.2, -0.15) is 0 Å². The lowest BCUT2D eigenvalue weighted by Crippen LogP contribution is -2.62. The number of carbonyl (C=O) groups is 1. The maximum absolute atomic E-state index is 13.6. The third kappa shape index (κ3) is 3.41. The lowest BCUT2D eigenvalue weighted by atomic mass is 10.0. The van der Waals surface area contributed by atoms with Gasteiger partial charge < -0.3 is 9.64 Å². The van der Waals surface area contributed by atoms with Crippen molar-refractivity contribution in [3.63, 3.8) is 0 Å². The van der Waals surface area contributed by atoms with Gasteiger partial charge in [0.05, 0.1) is 36.0 Å². The zero-order chi connectivity index (χ0) is 19.8. The fraction of sp³-hybridized carbons (Fsp3) is 0.333. The van der Waals surface area contributed by atoms with Crippen LogP contribution in [0, 0.1) is 0 Å². The summed E-state index contributed by atoms with van der Waals surface area (Å²) in [6.45, 7) is 6.03. The molecule has 2 fully saturated rings. The van der Waals surface area contributed by atoms with E-state index in [4.69, 9.17) is 9.72 Å². The van der Waals surface area contributed by atoms with Crippen molar-refractivity contribution in [3.05, 3.63) is 66.2 Å². The molecule has 5 rings (SSSR count). The van der Waals surface area contributed by atoms with Crippen molar-refractivity contribution < 1.29 is 9.53 Å². The molecule has 0 radical (unpaired) electrons. The van der Waals surface area contributed by atoms with Gasteiger partial charge in [0.15, 0.2) is 0 Å². The number of ether oxygens (including phenoxy) is 1. The van der Waals surface area contributed by atoms with E-state index < -0.39 is 0 Å². The highest BCUT2D eigenvalue weighted by Crippen LogP contribution is 2.27. The van der Waals surface area contributed by atoms with Gasteiger partial charge in [-0.1, -0.05) is 48.5 Å². The maximum Gasteiger partial charge on any atom is 0.254 e. The van der Waals surface area contributed by atoms with Crippen LogP contribution in [-0.4, -0.2) is 65.6 Å². The number of benzene rings is 2. The summed E-state index contributed by atoms with van der Waals surface area (Å²) in [5.41, 5.74) is 3.44. The number of carbonyl (C=O) groups excluding carboxylic acids is 1. The molecule has 1 aromatic heterocycles. The Bertz CT molecular complexity index is 1040. The summed E-state index contributed by atoms with van der Waals surface area (Å²) in [5, 5.41) is 0.910. The van der Waals surface area contributed by atoms with Crippen LogP contribution in [0.15, 0.2) is 60.7 Å². The molecule has 0 bridgehead atoms. The summed E-state index contributed by atoms with van der Waals surface area (Å²) in [6.07, 6.45) is 0. The number of piperazine rings is 1. The van der Waals surface area contributed by atoms with Crippen LogP contribution in [0.4, 0.5) is 0 Å². The van der Waals surface area contributed by atoms with E-state index in [2.05, 4.69) is 11.8 Å².